The molecule has 0 saturated heterocycles. The second-order valence-corrected chi connectivity index (χ2v) is 6.29. The average Bonchev–Trinajstić information content (AvgIpc) is 3.13. The van der Waals surface area contributed by atoms with Crippen molar-refractivity contribution in [2.45, 2.75) is 26.2 Å². The Morgan fingerprint density at radius 3 is 2.59 bits per heavy atom. The molecule has 6 nitrogen and oxygen atoms in total. The van der Waals surface area contributed by atoms with Crippen LogP contribution in [0.15, 0.2) is 28.6 Å². The van der Waals surface area contributed by atoms with Gasteiger partial charge in [0.05, 0.1) is 27.3 Å². The number of benzene rings is 1. The Kier molecular flexibility index (Phi) is 7.28. The molecule has 2 N–H and O–H groups in total. The molecule has 0 radical (unpaired) electrons. The minimum Gasteiger partial charge on any atom is -0.497 e. The molecular formula is C17H21F3N4O2S. The fourth-order valence-corrected chi connectivity index (χ4v) is 2.91. The number of guanidine groups is 1. The van der Waals surface area contributed by atoms with Gasteiger partial charge in [0.1, 0.15) is 16.5 Å². The first-order chi connectivity index (χ1) is 12.9. The van der Waals surface area contributed by atoms with E-state index in [1.165, 1.54) is 0 Å². The third-order valence-electron chi connectivity index (χ3n) is 3.50. The number of alkyl halides is 3. The van der Waals surface area contributed by atoms with Gasteiger partial charge in [-0.3, -0.25) is 0 Å². The lowest BCUT2D eigenvalue weighted by molar-refractivity contribution is -0.140. The number of hydrogen-bond donors (Lipinski definition) is 2. The Balaban J connectivity index is 2.05. The van der Waals surface area contributed by atoms with Crippen LogP contribution in [0, 0.1) is 0 Å². The van der Waals surface area contributed by atoms with Crippen molar-refractivity contribution in [3.8, 4) is 11.5 Å². The number of halogens is 3. The SMILES string of the molecule is CCNC(=NCc1ccc(OC)cc1OC)NCc1nc(C(F)(F)F)cs1. The van der Waals surface area contributed by atoms with E-state index >= 15 is 0 Å². The first-order valence-electron chi connectivity index (χ1n) is 8.12. The Hall–Kier alpha value is -2.49. The molecule has 10 heteroatoms. The third-order valence-corrected chi connectivity index (χ3v) is 4.34. The summed E-state index contributed by atoms with van der Waals surface area (Å²) in [4.78, 5) is 8.04. The second-order valence-electron chi connectivity index (χ2n) is 5.35. The average molecular weight is 402 g/mol. The molecule has 2 aromatic rings. The highest BCUT2D eigenvalue weighted by atomic mass is 32.1. The molecule has 0 unspecified atom stereocenters. The van der Waals surface area contributed by atoms with Crippen LogP contribution in [0.1, 0.15) is 23.2 Å². The van der Waals surface area contributed by atoms with Crippen LogP contribution in [0.2, 0.25) is 0 Å². The van der Waals surface area contributed by atoms with Crippen LogP contribution in [0.4, 0.5) is 13.2 Å². The van der Waals surface area contributed by atoms with E-state index in [4.69, 9.17) is 9.47 Å². The van der Waals surface area contributed by atoms with E-state index < -0.39 is 11.9 Å². The maximum Gasteiger partial charge on any atom is 0.434 e. The predicted octanol–water partition coefficient (Wildman–Crippen LogP) is 3.43. The van der Waals surface area contributed by atoms with Crippen molar-refractivity contribution >= 4 is 17.3 Å². The Morgan fingerprint density at radius 2 is 2.00 bits per heavy atom. The summed E-state index contributed by atoms with van der Waals surface area (Å²) in [6, 6.07) is 5.42. The summed E-state index contributed by atoms with van der Waals surface area (Å²) < 4.78 is 48.4. The van der Waals surface area contributed by atoms with Gasteiger partial charge in [-0.05, 0) is 19.1 Å². The Morgan fingerprint density at radius 1 is 1.22 bits per heavy atom. The van der Waals surface area contributed by atoms with Gasteiger partial charge >= 0.3 is 6.18 Å². The summed E-state index contributed by atoms with van der Waals surface area (Å²) in [7, 11) is 3.13. The highest BCUT2D eigenvalue weighted by Crippen LogP contribution is 2.30. The summed E-state index contributed by atoms with van der Waals surface area (Å²) in [5.41, 5.74) is -0.0293. The van der Waals surface area contributed by atoms with E-state index in [2.05, 4.69) is 20.6 Å². The molecular weight excluding hydrogens is 381 g/mol. The molecule has 148 valence electrons. The fourth-order valence-electron chi connectivity index (χ4n) is 2.17. The van der Waals surface area contributed by atoms with Crippen molar-refractivity contribution in [1.82, 2.24) is 15.6 Å². The van der Waals surface area contributed by atoms with E-state index in [9.17, 15) is 13.2 Å². The monoisotopic (exact) mass is 402 g/mol. The van der Waals surface area contributed by atoms with E-state index in [-0.39, 0.29) is 6.54 Å². The number of aromatic nitrogens is 1. The van der Waals surface area contributed by atoms with Crippen molar-refractivity contribution < 1.29 is 22.6 Å². The molecule has 0 saturated carbocycles. The lowest BCUT2D eigenvalue weighted by Gasteiger charge is -2.12. The number of aliphatic imine (C=N–C) groups is 1. The number of rotatable bonds is 7. The van der Waals surface area contributed by atoms with Gasteiger partial charge in [0.15, 0.2) is 11.7 Å². The van der Waals surface area contributed by atoms with Crippen LogP contribution in [-0.2, 0) is 19.3 Å². The largest absolute Gasteiger partial charge is 0.497 e. The lowest BCUT2D eigenvalue weighted by atomic mass is 10.2. The molecule has 0 bridgehead atoms. The van der Waals surface area contributed by atoms with Gasteiger partial charge in [0.25, 0.3) is 0 Å². The maximum absolute atomic E-state index is 12.6. The van der Waals surface area contributed by atoms with Gasteiger partial charge in [0, 0.05) is 23.6 Å². The summed E-state index contributed by atoms with van der Waals surface area (Å²) in [6.45, 7) is 2.98. The van der Waals surface area contributed by atoms with E-state index in [1.54, 1.807) is 20.3 Å². The Bertz CT molecular complexity index is 778. The maximum atomic E-state index is 12.6. The molecule has 0 amide bonds. The highest BCUT2D eigenvalue weighted by molar-refractivity contribution is 7.09. The van der Waals surface area contributed by atoms with Crippen molar-refractivity contribution in [3.05, 3.63) is 39.8 Å². The van der Waals surface area contributed by atoms with E-state index in [1.807, 2.05) is 19.1 Å². The van der Waals surface area contributed by atoms with Gasteiger partial charge < -0.3 is 20.1 Å². The number of nitrogens with zero attached hydrogens (tertiary/aromatic N) is 2. The predicted molar refractivity (Wildman–Crippen MR) is 98.3 cm³/mol. The number of methoxy groups -OCH3 is 2. The summed E-state index contributed by atoms with van der Waals surface area (Å²) in [5.74, 6) is 1.79. The number of nitrogens with one attached hydrogen (secondary N) is 2. The summed E-state index contributed by atoms with van der Waals surface area (Å²) in [6.07, 6.45) is -4.43. The van der Waals surface area contributed by atoms with Crippen LogP contribution >= 0.6 is 11.3 Å². The van der Waals surface area contributed by atoms with Crippen molar-refractivity contribution in [3.63, 3.8) is 0 Å². The molecule has 27 heavy (non-hydrogen) atoms. The summed E-state index contributed by atoms with van der Waals surface area (Å²) in [5, 5.41) is 7.37. The van der Waals surface area contributed by atoms with Gasteiger partial charge in [0.2, 0.25) is 0 Å². The standard InChI is InChI=1S/C17H21F3N4O2S/c1-4-21-16(23-9-15-24-14(10-27-15)17(18,19)20)22-8-11-5-6-12(25-2)7-13(11)26-3/h5-7,10H,4,8-9H2,1-3H3,(H2,21,22,23). The van der Waals surface area contributed by atoms with Crippen LogP contribution in [0.25, 0.3) is 0 Å². The van der Waals surface area contributed by atoms with Gasteiger partial charge in [-0.15, -0.1) is 11.3 Å². The molecule has 0 fully saturated rings. The van der Waals surface area contributed by atoms with E-state index in [0.717, 1.165) is 22.3 Å². The first-order valence-corrected chi connectivity index (χ1v) is 9.00. The van der Waals surface area contributed by atoms with Gasteiger partial charge in [-0.25, -0.2) is 9.98 Å². The lowest BCUT2D eigenvalue weighted by Crippen LogP contribution is -2.36. The first kappa shape index (κ1) is 20.8. The Labute approximate surface area is 159 Å². The molecule has 0 aliphatic heterocycles. The van der Waals surface area contributed by atoms with Crippen LogP contribution < -0.4 is 20.1 Å². The zero-order chi connectivity index (χ0) is 19.9. The minimum absolute atomic E-state index is 0.145. The van der Waals surface area contributed by atoms with Crippen molar-refractivity contribution in [2.75, 3.05) is 20.8 Å². The molecule has 0 aliphatic carbocycles. The summed E-state index contributed by atoms with van der Waals surface area (Å²) >= 11 is 0.951. The molecule has 0 atom stereocenters. The molecule has 0 spiro atoms. The van der Waals surface area contributed by atoms with Crippen molar-refractivity contribution in [2.24, 2.45) is 4.99 Å². The highest BCUT2D eigenvalue weighted by Gasteiger charge is 2.33. The molecule has 1 aromatic carbocycles. The van der Waals surface area contributed by atoms with Gasteiger partial charge in [-0.1, -0.05) is 0 Å². The fraction of sp³-hybridized carbons (Fsp3) is 0.412. The quantitative estimate of drug-likeness (QED) is 0.549. The number of thiazole rings is 1. The molecule has 0 aliphatic rings. The van der Waals surface area contributed by atoms with Crippen LogP contribution in [0.3, 0.4) is 0 Å². The van der Waals surface area contributed by atoms with Crippen LogP contribution in [-0.4, -0.2) is 31.7 Å². The van der Waals surface area contributed by atoms with E-state index in [0.29, 0.717) is 35.6 Å². The smallest absolute Gasteiger partial charge is 0.434 e. The normalized spacial score (nSPS) is 12.0. The molecule has 2 rings (SSSR count). The van der Waals surface area contributed by atoms with Gasteiger partial charge in [-0.2, -0.15) is 13.2 Å². The minimum atomic E-state index is -4.43. The molecule has 1 aromatic heterocycles. The van der Waals surface area contributed by atoms with Crippen LogP contribution in [0.5, 0.6) is 11.5 Å². The number of ether oxygens (including phenoxy) is 2. The third kappa shape index (κ3) is 6.02. The zero-order valence-corrected chi connectivity index (χ0v) is 16.0. The zero-order valence-electron chi connectivity index (χ0n) is 15.2. The van der Waals surface area contributed by atoms with Crippen molar-refractivity contribution in [1.29, 1.82) is 0 Å². The number of hydrogen-bond acceptors (Lipinski definition) is 5. The topological polar surface area (TPSA) is 67.8 Å². The second kappa shape index (κ2) is 9.45. The molecule has 1 heterocycles.